The second-order valence-corrected chi connectivity index (χ2v) is 6.95. The zero-order valence-electron chi connectivity index (χ0n) is 16.4. The first-order chi connectivity index (χ1) is 12.1. The van der Waals surface area contributed by atoms with Crippen LogP contribution in [0.15, 0.2) is 0 Å². The third-order valence-corrected chi connectivity index (χ3v) is 5.01. The Bertz CT molecular complexity index is 655. The van der Waals surface area contributed by atoms with Gasteiger partial charge in [-0.25, -0.2) is 0 Å². The molecule has 0 aliphatic carbocycles. The molecule has 0 heterocycles. The van der Waals surface area contributed by atoms with Crippen LogP contribution in [0.5, 0.6) is 0 Å². The molecule has 0 aliphatic heterocycles. The van der Waals surface area contributed by atoms with Gasteiger partial charge in [0.05, 0.1) is 0 Å². The zero-order valence-corrected chi connectivity index (χ0v) is 16.4. The summed E-state index contributed by atoms with van der Waals surface area (Å²) in [6.45, 7) is 5.90. The average molecular weight is 388 g/mol. The maximum absolute atomic E-state index is 12.7. The topological polar surface area (TPSA) is 166 Å². The summed E-state index contributed by atoms with van der Waals surface area (Å²) in [4.78, 5) is 60.9. The van der Waals surface area contributed by atoms with Crippen molar-refractivity contribution in [3.8, 4) is 0 Å². The zero-order chi connectivity index (χ0) is 22.0. The normalized spacial score (nSPS) is 20.4. The van der Waals surface area contributed by atoms with Gasteiger partial charge in [-0.1, -0.05) is 13.8 Å². The van der Waals surface area contributed by atoms with Crippen molar-refractivity contribution in [2.75, 3.05) is 0 Å². The van der Waals surface area contributed by atoms with Gasteiger partial charge in [-0.05, 0) is 34.1 Å². The van der Waals surface area contributed by atoms with Gasteiger partial charge in [0.1, 0.15) is 11.9 Å². The Balaban J connectivity index is 7.09. The van der Waals surface area contributed by atoms with Crippen molar-refractivity contribution in [1.82, 2.24) is 0 Å². The molecule has 0 amide bonds. The van der Waals surface area contributed by atoms with Crippen molar-refractivity contribution in [2.24, 2.45) is 5.92 Å². The van der Waals surface area contributed by atoms with Crippen molar-refractivity contribution in [1.29, 1.82) is 0 Å². The van der Waals surface area contributed by atoms with Gasteiger partial charge in [-0.15, -0.1) is 0 Å². The van der Waals surface area contributed by atoms with E-state index < -0.39 is 64.2 Å². The summed E-state index contributed by atoms with van der Waals surface area (Å²) in [5.41, 5.74) is -10.7. The molecule has 27 heavy (non-hydrogen) atoms. The number of aliphatic hydroxyl groups excluding tert-OH is 1. The molecule has 9 nitrogen and oxygen atoms in total. The second kappa shape index (κ2) is 8.47. The van der Waals surface area contributed by atoms with Gasteiger partial charge in [0.25, 0.3) is 0 Å². The van der Waals surface area contributed by atoms with Crippen LogP contribution in [0.1, 0.15) is 54.4 Å². The van der Waals surface area contributed by atoms with E-state index in [1.165, 1.54) is 13.8 Å². The van der Waals surface area contributed by atoms with Crippen LogP contribution in [0.3, 0.4) is 0 Å². The Morgan fingerprint density at radius 1 is 0.852 bits per heavy atom. The van der Waals surface area contributed by atoms with Crippen LogP contribution in [-0.2, 0) is 24.0 Å². The Morgan fingerprint density at radius 3 is 1.56 bits per heavy atom. The fourth-order valence-corrected chi connectivity index (χ4v) is 3.10. The molecule has 1 unspecified atom stereocenters. The SMILES string of the molecule is CCC(C)C(=O)[C@@](O)(C(C)=O)[C@@](O)(C(C)=O)[C@](O)(C(C)=O)[C@@H](O)CC(C)=O. The van der Waals surface area contributed by atoms with Crippen molar-refractivity contribution >= 4 is 28.9 Å². The molecule has 0 aliphatic rings. The summed E-state index contributed by atoms with van der Waals surface area (Å²) >= 11 is 0. The van der Waals surface area contributed by atoms with E-state index in [-0.39, 0.29) is 6.42 Å². The molecule has 0 aromatic heterocycles. The lowest BCUT2D eigenvalue weighted by Gasteiger charge is -2.49. The third-order valence-electron chi connectivity index (χ3n) is 5.01. The first-order valence-electron chi connectivity index (χ1n) is 8.48. The first kappa shape index (κ1) is 25.2. The van der Waals surface area contributed by atoms with Crippen molar-refractivity contribution in [3.63, 3.8) is 0 Å². The second-order valence-electron chi connectivity index (χ2n) is 6.95. The van der Waals surface area contributed by atoms with E-state index in [1.807, 2.05) is 0 Å². The van der Waals surface area contributed by atoms with Gasteiger partial charge in [-0.2, -0.15) is 0 Å². The van der Waals surface area contributed by atoms with Gasteiger partial charge in [0.2, 0.25) is 11.2 Å². The number of carbonyl (C=O) groups excluding carboxylic acids is 5. The lowest BCUT2D eigenvalue weighted by Crippen LogP contribution is -2.81. The van der Waals surface area contributed by atoms with Crippen LogP contribution < -0.4 is 0 Å². The molecule has 0 rings (SSSR count). The maximum atomic E-state index is 12.7. The van der Waals surface area contributed by atoms with Gasteiger partial charge in [0.15, 0.2) is 28.7 Å². The summed E-state index contributed by atoms with van der Waals surface area (Å²) in [5.74, 6) is -7.37. The first-order valence-corrected chi connectivity index (χ1v) is 8.48. The Kier molecular flexibility index (Phi) is 7.90. The molecule has 0 saturated heterocycles. The highest BCUT2D eigenvalue weighted by Crippen LogP contribution is 2.41. The van der Waals surface area contributed by atoms with Gasteiger partial charge in [0, 0.05) is 12.3 Å². The molecule has 154 valence electrons. The third kappa shape index (κ3) is 3.77. The Labute approximate surface area is 157 Å². The fourth-order valence-electron chi connectivity index (χ4n) is 3.10. The predicted octanol–water partition coefficient (Wildman–Crippen LogP) is -1.10. The summed E-state index contributed by atoms with van der Waals surface area (Å²) in [7, 11) is 0. The molecule has 0 aromatic rings. The van der Waals surface area contributed by atoms with Crippen LogP contribution in [0.25, 0.3) is 0 Å². The number of hydrogen-bond acceptors (Lipinski definition) is 9. The molecule has 0 aromatic carbocycles. The van der Waals surface area contributed by atoms with Crippen LogP contribution in [0, 0.1) is 5.92 Å². The monoisotopic (exact) mass is 388 g/mol. The van der Waals surface area contributed by atoms with E-state index in [9.17, 15) is 44.4 Å². The van der Waals surface area contributed by atoms with Crippen LogP contribution in [0.2, 0.25) is 0 Å². The number of rotatable bonds is 11. The van der Waals surface area contributed by atoms with E-state index >= 15 is 0 Å². The molecule has 0 saturated carbocycles. The van der Waals surface area contributed by atoms with E-state index in [0.29, 0.717) is 20.8 Å². The minimum atomic E-state index is -3.72. The number of Topliss-reactive ketones (excluding diaryl/α,β-unsaturated/α-hetero) is 5. The van der Waals surface area contributed by atoms with E-state index in [2.05, 4.69) is 0 Å². The van der Waals surface area contributed by atoms with Crippen molar-refractivity contribution < 1.29 is 44.4 Å². The van der Waals surface area contributed by atoms with Crippen LogP contribution in [-0.4, -0.2) is 72.2 Å². The molecule has 0 radical (unpaired) electrons. The van der Waals surface area contributed by atoms with Crippen LogP contribution >= 0.6 is 0 Å². The highest BCUT2D eigenvalue weighted by molar-refractivity contribution is 6.18. The summed E-state index contributed by atoms with van der Waals surface area (Å²) in [5, 5.41) is 43.2. The minimum absolute atomic E-state index is 0.108. The van der Waals surface area contributed by atoms with Crippen molar-refractivity contribution in [3.05, 3.63) is 0 Å². The van der Waals surface area contributed by atoms with Gasteiger partial charge in [-0.3, -0.25) is 24.0 Å². The predicted molar refractivity (Wildman–Crippen MR) is 92.7 cm³/mol. The smallest absolute Gasteiger partial charge is 0.220 e. The van der Waals surface area contributed by atoms with E-state index in [0.717, 1.165) is 6.92 Å². The summed E-state index contributed by atoms with van der Waals surface area (Å²) in [6.07, 6.45) is -3.13. The molecule has 0 fully saturated rings. The van der Waals surface area contributed by atoms with E-state index in [1.54, 1.807) is 0 Å². The number of hydrogen-bond donors (Lipinski definition) is 4. The highest BCUT2D eigenvalue weighted by atomic mass is 16.4. The molecule has 9 heteroatoms. The van der Waals surface area contributed by atoms with Crippen LogP contribution in [0.4, 0.5) is 0 Å². The lowest BCUT2D eigenvalue weighted by atomic mass is 9.60. The number of aliphatic hydroxyl groups is 4. The molecule has 0 spiro atoms. The maximum Gasteiger partial charge on any atom is 0.220 e. The highest BCUT2D eigenvalue weighted by Gasteiger charge is 2.74. The molecular weight excluding hydrogens is 360 g/mol. The summed E-state index contributed by atoms with van der Waals surface area (Å²) in [6, 6.07) is 0. The molecule has 4 N–H and O–H groups in total. The number of ketones is 5. The quantitative estimate of drug-likeness (QED) is 0.321. The largest absolute Gasteiger partial charge is 0.389 e. The van der Waals surface area contributed by atoms with Gasteiger partial charge >= 0.3 is 0 Å². The molecule has 0 bridgehead atoms. The lowest BCUT2D eigenvalue weighted by molar-refractivity contribution is -0.244. The minimum Gasteiger partial charge on any atom is -0.389 e. The molecule has 5 atom stereocenters. The summed E-state index contributed by atoms with van der Waals surface area (Å²) < 4.78 is 0. The molecular formula is C18H28O9. The van der Waals surface area contributed by atoms with Gasteiger partial charge < -0.3 is 20.4 Å². The fraction of sp³-hybridized carbons (Fsp3) is 0.722. The Morgan fingerprint density at radius 2 is 1.30 bits per heavy atom. The Hall–Kier alpha value is -1.81. The average Bonchev–Trinajstić information content (AvgIpc) is 2.56. The standard InChI is InChI=1S/C18H28O9/c1-7-9(2)15(24)17(26,12(5)21)18(27,13(6)22)16(25,11(4)20)14(23)8-10(3)19/h9,14,23,25-27H,7-8H2,1-6H3/t9?,14-,16-,17-,18+/m0/s1. The van der Waals surface area contributed by atoms with Crippen molar-refractivity contribution in [2.45, 2.75) is 77.3 Å². The van der Waals surface area contributed by atoms with E-state index in [4.69, 9.17) is 0 Å². The number of carbonyl (C=O) groups is 5.